The average Bonchev–Trinajstić information content (AvgIpc) is 2.61. The molecule has 1 aliphatic heterocycles. The Kier molecular flexibility index (Phi) is 5.90. The minimum atomic E-state index is -0.261. The predicted molar refractivity (Wildman–Crippen MR) is 97.2 cm³/mol. The van der Waals surface area contributed by atoms with Crippen molar-refractivity contribution in [2.45, 2.75) is 5.92 Å². The number of nitrogens with zero attached hydrogens (tertiary/aromatic N) is 1. The van der Waals surface area contributed by atoms with Crippen LogP contribution < -0.4 is 0 Å². The smallest absolute Gasteiger partial charge is 0.173 e. The van der Waals surface area contributed by atoms with E-state index in [1.54, 1.807) is 18.2 Å². The topological polar surface area (TPSA) is 29.5 Å². The summed E-state index contributed by atoms with van der Waals surface area (Å²) in [6.45, 7) is 3.75. The van der Waals surface area contributed by atoms with E-state index in [1.165, 1.54) is 0 Å². The lowest BCUT2D eigenvalue weighted by atomic mass is 9.90. The van der Waals surface area contributed by atoms with E-state index in [1.807, 2.05) is 30.3 Å². The van der Waals surface area contributed by atoms with E-state index in [9.17, 15) is 4.79 Å². The number of Topliss-reactive ketones (excluding diaryl/α,β-unsaturated/α-hetero) is 1. The normalized spacial score (nSPS) is 16.8. The third-order valence-electron chi connectivity index (χ3n) is 4.26. The van der Waals surface area contributed by atoms with E-state index < -0.39 is 0 Å². The molecule has 2 aromatic carbocycles. The van der Waals surface area contributed by atoms with Crippen LogP contribution in [0.15, 0.2) is 48.5 Å². The Balaban J connectivity index is 1.89. The molecule has 2 aromatic rings. The van der Waals surface area contributed by atoms with Gasteiger partial charge in [0, 0.05) is 30.2 Å². The number of carbonyl (C=O) groups is 1. The fourth-order valence-corrected chi connectivity index (χ4v) is 3.45. The number of halogens is 2. The molecule has 0 N–H and O–H groups in total. The van der Waals surface area contributed by atoms with Crippen molar-refractivity contribution in [3.8, 4) is 0 Å². The molecule has 3 rings (SSSR count). The van der Waals surface area contributed by atoms with Crippen LogP contribution in [-0.4, -0.2) is 43.5 Å². The van der Waals surface area contributed by atoms with Crippen LogP contribution in [0.1, 0.15) is 21.8 Å². The second kappa shape index (κ2) is 8.13. The van der Waals surface area contributed by atoms with Crippen molar-refractivity contribution in [1.82, 2.24) is 4.90 Å². The number of carbonyl (C=O) groups excluding carboxylic acids is 1. The molecule has 0 aliphatic carbocycles. The van der Waals surface area contributed by atoms with Crippen molar-refractivity contribution >= 4 is 29.0 Å². The van der Waals surface area contributed by atoms with Gasteiger partial charge in [0.15, 0.2) is 5.78 Å². The van der Waals surface area contributed by atoms with Crippen LogP contribution in [0.25, 0.3) is 0 Å². The average molecular weight is 364 g/mol. The zero-order valence-corrected chi connectivity index (χ0v) is 14.8. The quantitative estimate of drug-likeness (QED) is 0.742. The number of morpholine rings is 1. The SMILES string of the molecule is O=C(c1ccc(Cl)cc1Cl)C(CN1CCOCC1)c1ccccc1. The molecule has 126 valence electrons. The number of hydrogen-bond donors (Lipinski definition) is 0. The van der Waals surface area contributed by atoms with Crippen molar-refractivity contribution in [3.05, 3.63) is 69.7 Å². The van der Waals surface area contributed by atoms with E-state index in [0.717, 1.165) is 18.7 Å². The molecule has 0 saturated carbocycles. The second-order valence-corrected chi connectivity index (χ2v) is 6.71. The summed E-state index contributed by atoms with van der Waals surface area (Å²) in [6.07, 6.45) is 0. The molecule has 0 bridgehead atoms. The molecule has 0 aromatic heterocycles. The van der Waals surface area contributed by atoms with Gasteiger partial charge in [-0.2, -0.15) is 0 Å². The second-order valence-electron chi connectivity index (χ2n) is 5.86. The Bertz CT molecular complexity index is 700. The van der Waals surface area contributed by atoms with Crippen LogP contribution >= 0.6 is 23.2 Å². The van der Waals surface area contributed by atoms with Crippen LogP contribution in [0, 0.1) is 0 Å². The van der Waals surface area contributed by atoms with Crippen LogP contribution in [-0.2, 0) is 4.74 Å². The van der Waals surface area contributed by atoms with Crippen molar-refractivity contribution in [1.29, 1.82) is 0 Å². The van der Waals surface area contributed by atoms with Gasteiger partial charge in [0.05, 0.1) is 24.2 Å². The maximum absolute atomic E-state index is 13.2. The van der Waals surface area contributed by atoms with Crippen LogP contribution in [0.3, 0.4) is 0 Å². The summed E-state index contributed by atoms with van der Waals surface area (Å²) < 4.78 is 5.40. The fourth-order valence-electron chi connectivity index (χ4n) is 2.94. The maximum Gasteiger partial charge on any atom is 0.173 e. The Hall–Kier alpha value is -1.39. The van der Waals surface area contributed by atoms with Gasteiger partial charge in [-0.05, 0) is 23.8 Å². The van der Waals surface area contributed by atoms with Crippen LogP contribution in [0.5, 0.6) is 0 Å². The Morgan fingerprint density at radius 3 is 2.46 bits per heavy atom. The third kappa shape index (κ3) is 4.17. The van der Waals surface area contributed by atoms with Gasteiger partial charge >= 0.3 is 0 Å². The highest BCUT2D eigenvalue weighted by atomic mass is 35.5. The van der Waals surface area contributed by atoms with Crippen LogP contribution in [0.2, 0.25) is 10.0 Å². The molecule has 3 nitrogen and oxygen atoms in total. The summed E-state index contributed by atoms with van der Waals surface area (Å²) in [5.41, 5.74) is 1.52. The Morgan fingerprint density at radius 2 is 1.79 bits per heavy atom. The summed E-state index contributed by atoms with van der Waals surface area (Å²) in [4.78, 5) is 15.4. The lowest BCUT2D eigenvalue weighted by Crippen LogP contribution is -2.40. The van der Waals surface area contributed by atoms with Gasteiger partial charge in [-0.15, -0.1) is 0 Å². The first kappa shape index (κ1) is 17.4. The van der Waals surface area contributed by atoms with Gasteiger partial charge in [0.1, 0.15) is 0 Å². The Labute approximate surface area is 152 Å². The first-order valence-corrected chi connectivity index (χ1v) is 8.75. The van der Waals surface area contributed by atoms with Gasteiger partial charge in [0.2, 0.25) is 0 Å². The number of ether oxygens (including phenoxy) is 1. The molecule has 0 radical (unpaired) electrons. The molecule has 0 spiro atoms. The van der Waals surface area contributed by atoms with E-state index in [2.05, 4.69) is 4.90 Å². The highest BCUT2D eigenvalue weighted by Crippen LogP contribution is 2.28. The Morgan fingerprint density at radius 1 is 1.08 bits per heavy atom. The molecule has 0 amide bonds. The zero-order chi connectivity index (χ0) is 16.9. The zero-order valence-electron chi connectivity index (χ0n) is 13.3. The van der Waals surface area contributed by atoms with Gasteiger partial charge in [-0.3, -0.25) is 9.69 Å². The predicted octanol–water partition coefficient (Wildman–Crippen LogP) is 4.29. The highest BCUT2D eigenvalue weighted by molar-refractivity contribution is 6.37. The lowest BCUT2D eigenvalue weighted by molar-refractivity contribution is 0.0345. The molecule has 1 fully saturated rings. The molecular weight excluding hydrogens is 345 g/mol. The summed E-state index contributed by atoms with van der Waals surface area (Å²) in [5.74, 6) is -0.239. The molecule has 5 heteroatoms. The standard InChI is InChI=1S/C19H19Cl2NO2/c20-15-6-7-16(18(21)12-15)19(23)17(14-4-2-1-3-5-14)13-22-8-10-24-11-9-22/h1-7,12,17H,8-11,13H2. The molecule has 1 unspecified atom stereocenters. The number of benzene rings is 2. The highest BCUT2D eigenvalue weighted by Gasteiger charge is 2.27. The molecule has 1 atom stereocenters. The summed E-state index contributed by atoms with van der Waals surface area (Å²) >= 11 is 12.2. The molecular formula is C19H19Cl2NO2. The first-order chi connectivity index (χ1) is 11.6. The van der Waals surface area contributed by atoms with Gasteiger partial charge in [-0.25, -0.2) is 0 Å². The van der Waals surface area contributed by atoms with Gasteiger partial charge in [0.25, 0.3) is 0 Å². The number of rotatable bonds is 5. The van der Waals surface area contributed by atoms with E-state index in [-0.39, 0.29) is 11.7 Å². The third-order valence-corrected chi connectivity index (χ3v) is 4.81. The molecule has 1 saturated heterocycles. The van der Waals surface area contributed by atoms with Crippen molar-refractivity contribution in [2.75, 3.05) is 32.8 Å². The molecule has 1 heterocycles. The minimum absolute atomic E-state index is 0.0226. The number of ketones is 1. The summed E-state index contributed by atoms with van der Waals surface area (Å²) in [6, 6.07) is 14.9. The maximum atomic E-state index is 13.2. The fraction of sp³-hybridized carbons (Fsp3) is 0.316. The molecule has 1 aliphatic rings. The van der Waals surface area contributed by atoms with Crippen molar-refractivity contribution in [2.24, 2.45) is 0 Å². The van der Waals surface area contributed by atoms with E-state index >= 15 is 0 Å². The monoisotopic (exact) mass is 363 g/mol. The van der Waals surface area contributed by atoms with Crippen molar-refractivity contribution in [3.63, 3.8) is 0 Å². The largest absolute Gasteiger partial charge is 0.379 e. The van der Waals surface area contributed by atoms with Gasteiger partial charge in [-0.1, -0.05) is 53.5 Å². The summed E-state index contributed by atoms with van der Waals surface area (Å²) in [7, 11) is 0. The van der Waals surface area contributed by atoms with E-state index in [0.29, 0.717) is 35.4 Å². The van der Waals surface area contributed by atoms with Crippen molar-refractivity contribution < 1.29 is 9.53 Å². The van der Waals surface area contributed by atoms with E-state index in [4.69, 9.17) is 27.9 Å². The molecule has 24 heavy (non-hydrogen) atoms. The first-order valence-electron chi connectivity index (χ1n) is 7.99. The lowest BCUT2D eigenvalue weighted by Gasteiger charge is -2.30. The van der Waals surface area contributed by atoms with Crippen LogP contribution in [0.4, 0.5) is 0 Å². The summed E-state index contributed by atoms with van der Waals surface area (Å²) in [5, 5.41) is 0.927. The minimum Gasteiger partial charge on any atom is -0.379 e. The van der Waals surface area contributed by atoms with Gasteiger partial charge < -0.3 is 4.74 Å². The number of hydrogen-bond acceptors (Lipinski definition) is 3.